The topological polar surface area (TPSA) is 173 Å². The van der Waals surface area contributed by atoms with Crippen LogP contribution in [0.4, 0.5) is 11.8 Å². The largest absolute Gasteiger partial charge is 0.447 e. The Morgan fingerprint density at radius 2 is 1.93 bits per heavy atom. The molecule has 1 aromatic rings. The monoisotopic (exact) mass is 224 g/mol. The first-order chi connectivity index (χ1) is 5.87. The molecule has 0 aliphatic heterocycles. The van der Waals surface area contributed by atoms with Crippen LogP contribution in [0.1, 0.15) is 0 Å². The van der Waals surface area contributed by atoms with Gasteiger partial charge in [-0.25, -0.2) is 0 Å². The molecule has 1 rings (SSSR count). The van der Waals surface area contributed by atoms with E-state index in [1.807, 2.05) is 0 Å². The SMILES string of the molecule is Nc1cc(OS(=O)(=O)O)nc(N)n1.O. The predicted octanol–water partition coefficient (Wildman–Crippen LogP) is -2.00. The maximum absolute atomic E-state index is 10.2. The lowest BCUT2D eigenvalue weighted by Gasteiger charge is -2.01. The second-order valence-electron chi connectivity index (χ2n) is 2.00. The summed E-state index contributed by atoms with van der Waals surface area (Å²) in [5, 5.41) is 0. The van der Waals surface area contributed by atoms with Gasteiger partial charge in [-0.3, -0.25) is 4.55 Å². The van der Waals surface area contributed by atoms with Gasteiger partial charge in [0.05, 0.1) is 0 Å². The first-order valence-corrected chi connectivity index (χ1v) is 4.30. The summed E-state index contributed by atoms with van der Waals surface area (Å²) in [6.45, 7) is 0. The van der Waals surface area contributed by atoms with Gasteiger partial charge in [0.1, 0.15) is 5.82 Å². The van der Waals surface area contributed by atoms with Gasteiger partial charge in [0.15, 0.2) is 0 Å². The Labute approximate surface area is 79.0 Å². The number of anilines is 2. The second-order valence-corrected chi connectivity index (χ2v) is 3.02. The van der Waals surface area contributed by atoms with E-state index in [-0.39, 0.29) is 17.2 Å². The Morgan fingerprint density at radius 1 is 1.36 bits per heavy atom. The highest BCUT2D eigenvalue weighted by atomic mass is 32.3. The maximum atomic E-state index is 10.2. The lowest BCUT2D eigenvalue weighted by atomic mass is 10.6. The highest BCUT2D eigenvalue weighted by molar-refractivity contribution is 7.81. The summed E-state index contributed by atoms with van der Waals surface area (Å²) >= 11 is 0. The van der Waals surface area contributed by atoms with Crippen molar-refractivity contribution < 1.29 is 22.6 Å². The van der Waals surface area contributed by atoms with E-state index in [1.165, 1.54) is 0 Å². The van der Waals surface area contributed by atoms with Crippen LogP contribution < -0.4 is 15.7 Å². The molecule has 1 aromatic heterocycles. The van der Waals surface area contributed by atoms with E-state index in [0.29, 0.717) is 0 Å². The van der Waals surface area contributed by atoms with Crippen molar-refractivity contribution in [3.05, 3.63) is 6.07 Å². The van der Waals surface area contributed by atoms with Gasteiger partial charge in [0, 0.05) is 6.07 Å². The number of nitrogens with zero attached hydrogens (tertiary/aromatic N) is 2. The summed E-state index contributed by atoms with van der Waals surface area (Å²) in [7, 11) is -4.61. The van der Waals surface area contributed by atoms with Gasteiger partial charge in [0.2, 0.25) is 11.8 Å². The van der Waals surface area contributed by atoms with Crippen LogP contribution in [0.5, 0.6) is 5.88 Å². The molecule has 7 N–H and O–H groups in total. The molecule has 0 saturated heterocycles. The van der Waals surface area contributed by atoms with E-state index in [4.69, 9.17) is 16.0 Å². The number of nitrogens with two attached hydrogens (primary N) is 2. The smallest absolute Gasteiger partial charge is 0.412 e. The van der Waals surface area contributed by atoms with Crippen LogP contribution in [0, 0.1) is 0 Å². The van der Waals surface area contributed by atoms with Crippen molar-refractivity contribution in [1.29, 1.82) is 0 Å². The summed E-state index contributed by atoms with van der Waals surface area (Å²) < 4.78 is 32.7. The van der Waals surface area contributed by atoms with Gasteiger partial charge in [-0.15, -0.1) is 0 Å². The molecule has 0 aliphatic rings. The van der Waals surface area contributed by atoms with Crippen molar-refractivity contribution in [1.82, 2.24) is 9.97 Å². The Bertz CT molecular complexity index is 397. The van der Waals surface area contributed by atoms with E-state index < -0.39 is 16.3 Å². The van der Waals surface area contributed by atoms with Gasteiger partial charge in [-0.1, -0.05) is 0 Å². The van der Waals surface area contributed by atoms with Crippen LogP contribution in [0.25, 0.3) is 0 Å². The molecule has 9 nitrogen and oxygen atoms in total. The lowest BCUT2D eigenvalue weighted by Crippen LogP contribution is -2.09. The second kappa shape index (κ2) is 4.04. The van der Waals surface area contributed by atoms with E-state index in [9.17, 15) is 8.42 Å². The van der Waals surface area contributed by atoms with Gasteiger partial charge in [-0.05, 0) is 0 Å². The van der Waals surface area contributed by atoms with Crippen molar-refractivity contribution in [3.8, 4) is 5.88 Å². The minimum atomic E-state index is -4.61. The fourth-order valence-corrected chi connectivity index (χ4v) is 0.913. The summed E-state index contributed by atoms with van der Waals surface area (Å²) in [6, 6.07) is 1.00. The molecule has 1 heterocycles. The predicted molar refractivity (Wildman–Crippen MR) is 46.6 cm³/mol. The molecular weight excluding hydrogens is 216 g/mol. The highest BCUT2D eigenvalue weighted by Gasteiger charge is 2.09. The molecule has 0 spiro atoms. The zero-order valence-corrected chi connectivity index (χ0v) is 7.52. The van der Waals surface area contributed by atoms with Crippen LogP contribution in [0.3, 0.4) is 0 Å². The molecule has 0 aliphatic carbocycles. The number of hydrogen-bond acceptors (Lipinski definition) is 7. The fourth-order valence-electron chi connectivity index (χ4n) is 0.612. The molecular formula is C4H8N4O5S. The molecule has 0 amide bonds. The van der Waals surface area contributed by atoms with Crippen molar-refractivity contribution in [2.24, 2.45) is 0 Å². The normalized spacial score (nSPS) is 10.4. The molecule has 80 valence electrons. The van der Waals surface area contributed by atoms with Crippen molar-refractivity contribution in [2.75, 3.05) is 11.5 Å². The summed E-state index contributed by atoms with van der Waals surface area (Å²) in [5.74, 6) is -0.752. The van der Waals surface area contributed by atoms with Gasteiger partial charge >= 0.3 is 10.4 Å². The Morgan fingerprint density at radius 3 is 2.36 bits per heavy atom. The molecule has 0 aromatic carbocycles. The minimum Gasteiger partial charge on any atom is -0.412 e. The first-order valence-electron chi connectivity index (χ1n) is 2.94. The van der Waals surface area contributed by atoms with E-state index in [2.05, 4.69) is 14.2 Å². The number of aromatic nitrogens is 2. The quantitative estimate of drug-likeness (QED) is 0.483. The van der Waals surface area contributed by atoms with Crippen molar-refractivity contribution in [2.45, 2.75) is 0 Å². The molecule has 0 unspecified atom stereocenters. The van der Waals surface area contributed by atoms with Gasteiger partial charge < -0.3 is 21.1 Å². The zero-order chi connectivity index (χ0) is 10.1. The fraction of sp³-hybridized carbons (Fsp3) is 0. The van der Waals surface area contributed by atoms with Gasteiger partial charge in [0.25, 0.3) is 0 Å². The minimum absolute atomic E-state index is 0. The molecule has 10 heteroatoms. The number of nitrogen functional groups attached to an aromatic ring is 2. The number of rotatable bonds is 2. The molecule has 0 saturated carbocycles. The third kappa shape index (κ3) is 3.84. The third-order valence-corrected chi connectivity index (χ3v) is 1.31. The molecule has 0 atom stereocenters. The Balaban J connectivity index is 0.00000169. The average molecular weight is 224 g/mol. The van der Waals surface area contributed by atoms with Crippen molar-refractivity contribution in [3.63, 3.8) is 0 Å². The molecule has 0 bridgehead atoms. The summed E-state index contributed by atoms with van der Waals surface area (Å²) in [5.41, 5.74) is 10.3. The average Bonchev–Trinajstić information content (AvgIpc) is 1.78. The Kier molecular flexibility index (Phi) is 3.56. The van der Waals surface area contributed by atoms with Crippen LogP contribution in [-0.2, 0) is 10.4 Å². The first kappa shape index (κ1) is 12.3. The van der Waals surface area contributed by atoms with Crippen LogP contribution in [-0.4, -0.2) is 28.4 Å². The molecule has 0 radical (unpaired) electrons. The maximum Gasteiger partial charge on any atom is 0.447 e. The van der Waals surface area contributed by atoms with E-state index >= 15 is 0 Å². The Hall–Kier alpha value is -1.65. The van der Waals surface area contributed by atoms with E-state index in [0.717, 1.165) is 6.07 Å². The summed E-state index contributed by atoms with van der Waals surface area (Å²) in [6.07, 6.45) is 0. The number of hydrogen-bond donors (Lipinski definition) is 3. The van der Waals surface area contributed by atoms with E-state index in [1.54, 1.807) is 0 Å². The highest BCUT2D eigenvalue weighted by Crippen LogP contribution is 2.12. The van der Waals surface area contributed by atoms with Crippen LogP contribution in [0.15, 0.2) is 6.07 Å². The zero-order valence-electron chi connectivity index (χ0n) is 6.71. The molecule has 14 heavy (non-hydrogen) atoms. The third-order valence-electron chi connectivity index (χ3n) is 0.930. The van der Waals surface area contributed by atoms with Crippen molar-refractivity contribution >= 4 is 22.2 Å². The molecule has 0 fully saturated rings. The standard InChI is InChI=1S/C4H6N4O4S.H2O/c5-2-1-3(8-4(6)7-2)12-13(9,10)11;/h1H,(H,9,10,11)(H4,5,6,7,8);1H2. The van der Waals surface area contributed by atoms with Crippen LogP contribution in [0.2, 0.25) is 0 Å². The van der Waals surface area contributed by atoms with Gasteiger partial charge in [-0.2, -0.15) is 18.4 Å². The lowest BCUT2D eigenvalue weighted by molar-refractivity contribution is 0.381. The van der Waals surface area contributed by atoms with Crippen LogP contribution >= 0.6 is 0 Å². The summed E-state index contributed by atoms with van der Waals surface area (Å²) in [4.78, 5) is 6.80.